The van der Waals surface area contributed by atoms with Crippen LogP contribution < -0.4 is 20.1 Å². The minimum atomic E-state index is -4.58. The number of fused-ring (bicyclic) bond motifs is 5. The van der Waals surface area contributed by atoms with E-state index in [4.69, 9.17) is 13.7 Å². The summed E-state index contributed by atoms with van der Waals surface area (Å²) in [7, 11) is -4.08. The van der Waals surface area contributed by atoms with Gasteiger partial charge in [0, 0.05) is 29.4 Å². The first-order valence-electron chi connectivity index (χ1n) is 20.7. The molecule has 0 radical (unpaired) electrons. The minimum Gasteiger partial charge on any atom is -0.470 e. The molecule has 3 N–H and O–H groups in total. The monoisotopic (exact) mass is 889 g/mol. The van der Waals surface area contributed by atoms with E-state index in [-0.39, 0.29) is 54.4 Å². The number of para-hydroxylation sites is 1. The molecule has 330 valence electrons. The molecular weight excluding hydrogens is 848 g/mol. The number of sulfonamides is 1. The van der Waals surface area contributed by atoms with Gasteiger partial charge in [-0.15, -0.1) is 0 Å². The Kier molecular flexibility index (Phi) is 10.5. The number of allylic oxidation sites excluding steroid dienone is 1. The average Bonchev–Trinajstić information content (AvgIpc) is 3.88. The molecule has 1 saturated heterocycles. The predicted molar refractivity (Wildman–Crippen MR) is 218 cm³/mol. The molecule has 4 aliphatic rings. The molecule has 2 aliphatic heterocycles. The zero-order chi connectivity index (χ0) is 44.3. The molecule has 2 aromatic carbocycles. The smallest absolute Gasteiger partial charge is 0.416 e. The number of benzene rings is 2. The number of nitrogens with zero attached hydrogens (tertiary/aromatic N) is 4. The molecule has 0 bridgehead atoms. The Hall–Kier alpha value is -6.31. The zero-order valence-corrected chi connectivity index (χ0v) is 34.6. The van der Waals surface area contributed by atoms with Crippen LogP contribution in [0.15, 0.2) is 81.9 Å². The summed E-state index contributed by atoms with van der Waals surface area (Å²) in [5.41, 5.74) is -1.42. The lowest BCUT2D eigenvalue weighted by molar-refractivity contribution is -0.141. The van der Waals surface area contributed by atoms with E-state index in [0.29, 0.717) is 55.0 Å². The maximum atomic E-state index is 14.7. The lowest BCUT2D eigenvalue weighted by Gasteiger charge is -2.29. The van der Waals surface area contributed by atoms with Crippen LogP contribution in [0.25, 0.3) is 33.5 Å². The Bertz CT molecular complexity index is 2750. The van der Waals surface area contributed by atoms with Crippen LogP contribution in [0.3, 0.4) is 0 Å². The number of halogens is 3. The number of alkyl halides is 3. The zero-order valence-electron chi connectivity index (χ0n) is 33.8. The summed E-state index contributed by atoms with van der Waals surface area (Å²) in [6.45, 7) is 1.32. The number of amides is 4. The highest BCUT2D eigenvalue weighted by atomic mass is 32.2. The summed E-state index contributed by atoms with van der Waals surface area (Å²) >= 11 is 0. The number of nitrogens with one attached hydrogen (secondary N) is 3. The van der Waals surface area contributed by atoms with Crippen LogP contribution in [0.5, 0.6) is 5.88 Å². The molecule has 5 aromatic rings. The van der Waals surface area contributed by atoms with E-state index in [1.54, 1.807) is 37.3 Å². The Balaban J connectivity index is 1.07. The van der Waals surface area contributed by atoms with E-state index in [2.05, 4.69) is 30.5 Å². The van der Waals surface area contributed by atoms with Crippen LogP contribution in [0.2, 0.25) is 0 Å². The number of aromatic nitrogens is 3. The second kappa shape index (κ2) is 15.8. The highest BCUT2D eigenvalue weighted by molar-refractivity contribution is 7.91. The standard InChI is InChI=1S/C43H42F3N7O9S/c1-41(18-19-41)63(58,59)52-40(57)42-22-26(42)9-5-3-2-4-6-11-29(48-37(55)32-17-20-47-62-32)39(56)53-23-27(21-30(53)36(54)51-42)60-38-34-33(28-10-7-8-12-31(28)61-34)49-35(50-38)24-13-15-25(16-14-24)43(44,45)46/h5,7-10,12-17,20,26-27,29-30H,2-4,6,11,18-19,21-23H2,1H3,(H,48,55)(H,51,54)(H,52,57)/b9-5-/t26-,27-,29+,30+,42-/m1/s1. The van der Waals surface area contributed by atoms with Crippen molar-refractivity contribution in [3.63, 3.8) is 0 Å². The maximum Gasteiger partial charge on any atom is 0.416 e. The van der Waals surface area contributed by atoms with Crippen LogP contribution in [-0.4, -0.2) is 87.1 Å². The molecule has 0 unspecified atom stereocenters. The van der Waals surface area contributed by atoms with Crippen molar-refractivity contribution in [3.05, 3.63) is 84.3 Å². The van der Waals surface area contributed by atoms with Crippen molar-refractivity contribution in [2.45, 2.75) is 99.4 Å². The van der Waals surface area contributed by atoms with Crippen LogP contribution in [0.4, 0.5) is 13.2 Å². The fourth-order valence-electron chi connectivity index (χ4n) is 8.25. The third-order valence-electron chi connectivity index (χ3n) is 12.4. The van der Waals surface area contributed by atoms with Gasteiger partial charge in [-0.05, 0) is 69.7 Å². The van der Waals surface area contributed by atoms with E-state index in [9.17, 15) is 40.8 Å². The van der Waals surface area contributed by atoms with Crippen LogP contribution in [-0.2, 0) is 30.6 Å². The van der Waals surface area contributed by atoms with Gasteiger partial charge in [0.05, 0.1) is 23.1 Å². The number of rotatable bonds is 8. The van der Waals surface area contributed by atoms with Crippen LogP contribution in [0, 0.1) is 5.92 Å². The van der Waals surface area contributed by atoms with Gasteiger partial charge < -0.3 is 29.2 Å². The van der Waals surface area contributed by atoms with E-state index in [1.165, 1.54) is 29.3 Å². The van der Waals surface area contributed by atoms with Crippen LogP contribution >= 0.6 is 0 Å². The van der Waals surface area contributed by atoms with Gasteiger partial charge in [0.1, 0.15) is 34.8 Å². The Morgan fingerprint density at radius 2 is 1.79 bits per heavy atom. The van der Waals surface area contributed by atoms with Gasteiger partial charge in [-0.1, -0.05) is 54.4 Å². The topological polar surface area (TPSA) is 216 Å². The molecule has 2 saturated carbocycles. The molecule has 3 aromatic heterocycles. The number of furan rings is 1. The lowest BCUT2D eigenvalue weighted by atomic mass is 10.0. The molecule has 16 nitrogen and oxygen atoms in total. The van der Waals surface area contributed by atoms with Crippen LogP contribution in [0.1, 0.15) is 80.8 Å². The molecule has 9 rings (SSSR count). The molecule has 63 heavy (non-hydrogen) atoms. The molecule has 0 spiro atoms. The van der Waals surface area contributed by atoms with Gasteiger partial charge in [-0.2, -0.15) is 18.2 Å². The second-order valence-corrected chi connectivity index (χ2v) is 19.0. The number of ether oxygens (including phenoxy) is 1. The van der Waals surface area contributed by atoms with Crippen molar-refractivity contribution in [2.24, 2.45) is 5.92 Å². The lowest BCUT2D eigenvalue weighted by Crippen LogP contribution is -2.58. The summed E-state index contributed by atoms with van der Waals surface area (Å²) in [4.78, 5) is 67.1. The SMILES string of the molecule is CC1(S(=O)(=O)NC(=O)[C@@]23C[C@H]2/C=C\CCCCC[C@H](NC(=O)c2ccno2)C(=O)N2C[C@H](Oc4nc(-c5ccc(C(F)(F)F)cc5)nc5c4oc4ccccc45)C[C@H]2C(=O)N3)CC1. The summed E-state index contributed by atoms with van der Waals surface area (Å²) < 4.78 is 85.7. The number of carbonyl (C=O) groups excluding carboxylic acids is 4. The quantitative estimate of drug-likeness (QED) is 0.163. The van der Waals surface area contributed by atoms with E-state index in [0.717, 1.165) is 12.1 Å². The van der Waals surface area contributed by atoms with E-state index in [1.807, 2.05) is 6.08 Å². The number of carbonyl (C=O) groups is 4. The summed E-state index contributed by atoms with van der Waals surface area (Å²) in [5, 5.41) is 9.72. The van der Waals surface area contributed by atoms with E-state index < -0.39 is 79.8 Å². The first kappa shape index (κ1) is 42.0. The summed E-state index contributed by atoms with van der Waals surface area (Å²) in [6, 6.07) is 10.2. The fraction of sp³-hybridized carbons (Fsp3) is 0.419. The fourth-order valence-corrected chi connectivity index (χ4v) is 9.56. The predicted octanol–water partition coefficient (Wildman–Crippen LogP) is 5.59. The Labute approximate surface area is 358 Å². The molecule has 5 heterocycles. The van der Waals surface area contributed by atoms with Crippen molar-refractivity contribution >= 4 is 55.7 Å². The molecule has 3 fully saturated rings. The van der Waals surface area contributed by atoms with Crippen molar-refractivity contribution in [1.29, 1.82) is 0 Å². The highest BCUT2D eigenvalue weighted by Crippen LogP contribution is 2.48. The maximum absolute atomic E-state index is 14.7. The van der Waals surface area contributed by atoms with E-state index >= 15 is 0 Å². The van der Waals surface area contributed by atoms with Gasteiger partial charge >= 0.3 is 6.18 Å². The minimum absolute atomic E-state index is 0.0189. The van der Waals surface area contributed by atoms with Gasteiger partial charge in [0.15, 0.2) is 5.82 Å². The third kappa shape index (κ3) is 8.11. The van der Waals surface area contributed by atoms with Crippen molar-refractivity contribution in [2.75, 3.05) is 6.54 Å². The van der Waals surface area contributed by atoms with Gasteiger partial charge in [-0.25, -0.2) is 13.4 Å². The largest absolute Gasteiger partial charge is 0.470 e. The molecule has 20 heteroatoms. The van der Waals surface area contributed by atoms with Gasteiger partial charge in [-0.3, -0.25) is 23.9 Å². The van der Waals surface area contributed by atoms with Gasteiger partial charge in [0.25, 0.3) is 17.7 Å². The summed E-state index contributed by atoms with van der Waals surface area (Å²) in [6.07, 6.45) is 2.88. The van der Waals surface area contributed by atoms with Crippen molar-refractivity contribution in [1.82, 2.24) is 35.4 Å². The number of hydrogen-bond donors (Lipinski definition) is 3. The van der Waals surface area contributed by atoms with Gasteiger partial charge in [0.2, 0.25) is 33.2 Å². The van der Waals surface area contributed by atoms with Crippen molar-refractivity contribution in [3.8, 4) is 17.3 Å². The summed E-state index contributed by atoms with van der Waals surface area (Å²) in [5.74, 6) is -3.72. The molecule has 2 aliphatic carbocycles. The molecule has 5 atom stereocenters. The first-order chi connectivity index (χ1) is 30.0. The molecular formula is C43H42F3N7O9S. The first-order valence-corrected chi connectivity index (χ1v) is 22.1. The third-order valence-corrected chi connectivity index (χ3v) is 14.5. The normalized spacial score (nSPS) is 25.6. The number of hydrogen-bond acceptors (Lipinski definition) is 12. The van der Waals surface area contributed by atoms with Crippen molar-refractivity contribution < 1.29 is 54.4 Å². The molecule has 4 amide bonds. The second-order valence-electron chi connectivity index (χ2n) is 16.8. The highest BCUT2D eigenvalue weighted by Gasteiger charge is 2.63. The Morgan fingerprint density at radius 1 is 1.02 bits per heavy atom. The average molecular weight is 890 g/mol. The Morgan fingerprint density at radius 3 is 2.52 bits per heavy atom.